The number of ether oxygens (including phenoxy) is 2. The first-order chi connectivity index (χ1) is 17.2. The molecule has 2 aliphatic rings. The molecule has 8 nitrogen and oxygen atoms in total. The smallest absolute Gasteiger partial charge is 0.375 e. The van der Waals surface area contributed by atoms with Gasteiger partial charge >= 0.3 is 6.18 Å². The van der Waals surface area contributed by atoms with Crippen molar-refractivity contribution in [2.24, 2.45) is 5.92 Å². The Morgan fingerprint density at radius 1 is 1.28 bits per heavy atom. The van der Waals surface area contributed by atoms with Gasteiger partial charge in [-0.3, -0.25) is 4.79 Å². The Kier molecular flexibility index (Phi) is 6.33. The summed E-state index contributed by atoms with van der Waals surface area (Å²) in [4.78, 5) is 22.8. The lowest BCUT2D eigenvalue weighted by Crippen LogP contribution is -2.54. The molecule has 12 heteroatoms. The highest BCUT2D eigenvalue weighted by Crippen LogP contribution is 2.39. The molecule has 2 aliphatic heterocycles. The second-order valence-electron chi connectivity index (χ2n) is 8.99. The summed E-state index contributed by atoms with van der Waals surface area (Å²) in [5, 5.41) is 3.67. The van der Waals surface area contributed by atoms with Gasteiger partial charge < -0.3 is 24.3 Å². The lowest BCUT2D eigenvalue weighted by Gasteiger charge is -2.44. The molecule has 192 valence electrons. The number of hydrogen-bond acceptors (Lipinski definition) is 6. The molecule has 1 saturated heterocycles. The molecule has 4 heterocycles. The lowest BCUT2D eigenvalue weighted by molar-refractivity contribution is -0.147. The van der Waals surface area contributed by atoms with E-state index in [2.05, 4.69) is 15.3 Å². The molecule has 36 heavy (non-hydrogen) atoms. The number of rotatable bonds is 6. The van der Waals surface area contributed by atoms with Gasteiger partial charge in [0.1, 0.15) is 35.8 Å². The molecule has 5 rings (SSSR count). The number of benzene rings is 1. The van der Waals surface area contributed by atoms with E-state index in [1.807, 2.05) is 10.6 Å². The molecule has 1 aromatic carbocycles. The molecule has 3 aromatic rings. The van der Waals surface area contributed by atoms with E-state index in [0.717, 1.165) is 11.8 Å². The maximum absolute atomic E-state index is 14.5. The van der Waals surface area contributed by atoms with Crippen LogP contribution in [0.5, 0.6) is 0 Å². The van der Waals surface area contributed by atoms with Crippen molar-refractivity contribution in [3.63, 3.8) is 0 Å². The summed E-state index contributed by atoms with van der Waals surface area (Å²) >= 11 is 0. The van der Waals surface area contributed by atoms with Gasteiger partial charge in [-0.1, -0.05) is 12.1 Å². The van der Waals surface area contributed by atoms with Gasteiger partial charge in [-0.15, -0.1) is 0 Å². The number of hydrogen-bond donors (Lipinski definition) is 1. The fraction of sp³-hybridized carbons (Fsp3) is 0.458. The van der Waals surface area contributed by atoms with Crippen LogP contribution in [0, 0.1) is 18.7 Å². The Labute approximate surface area is 204 Å². The third-order valence-electron chi connectivity index (χ3n) is 6.59. The number of nitrogens with zero attached hydrogens (tertiary/aromatic N) is 4. The molecule has 2 aromatic heterocycles. The quantitative estimate of drug-likeness (QED) is 0.513. The number of fused-ring (bicyclic) bond motifs is 3. The number of aryl methyl sites for hydroxylation is 1. The molecule has 0 radical (unpaired) electrons. The maximum atomic E-state index is 14.5. The number of carbonyl (C=O) groups excluding carboxylic acids is 1. The summed E-state index contributed by atoms with van der Waals surface area (Å²) in [5.74, 6) is -0.389. The SMILES string of the molecule is COCC(=O)N1CC(C2OCCn3c2cc2c(NCc4cccc(C(F)(F)F)c4F)nc(C)nc23)C1. The summed E-state index contributed by atoms with van der Waals surface area (Å²) in [5.41, 5.74) is 0.149. The topological polar surface area (TPSA) is 81.5 Å². The minimum atomic E-state index is -4.78. The first-order valence-corrected chi connectivity index (χ1v) is 11.5. The van der Waals surface area contributed by atoms with Crippen LogP contribution < -0.4 is 5.32 Å². The zero-order valence-corrected chi connectivity index (χ0v) is 19.7. The van der Waals surface area contributed by atoms with Gasteiger partial charge in [0, 0.05) is 50.5 Å². The first kappa shape index (κ1) is 24.4. The Morgan fingerprint density at radius 2 is 2.06 bits per heavy atom. The molecule has 0 spiro atoms. The highest BCUT2D eigenvalue weighted by Gasteiger charge is 2.40. The first-order valence-electron chi connectivity index (χ1n) is 11.5. The van der Waals surface area contributed by atoms with Crippen molar-refractivity contribution in [2.45, 2.75) is 32.3 Å². The number of aromatic nitrogens is 3. The van der Waals surface area contributed by atoms with Crippen LogP contribution >= 0.6 is 0 Å². The Balaban J connectivity index is 1.41. The number of anilines is 1. The third-order valence-corrected chi connectivity index (χ3v) is 6.59. The Morgan fingerprint density at radius 3 is 2.78 bits per heavy atom. The Bertz CT molecular complexity index is 1300. The van der Waals surface area contributed by atoms with Crippen molar-refractivity contribution in [3.05, 3.63) is 52.7 Å². The van der Waals surface area contributed by atoms with Gasteiger partial charge in [-0.25, -0.2) is 14.4 Å². The van der Waals surface area contributed by atoms with Gasteiger partial charge in [0.25, 0.3) is 0 Å². The van der Waals surface area contributed by atoms with E-state index in [0.29, 0.717) is 48.9 Å². The summed E-state index contributed by atoms with van der Waals surface area (Å²) in [6.07, 6.45) is -5.02. The molecule has 1 unspecified atom stereocenters. The fourth-order valence-electron chi connectivity index (χ4n) is 4.83. The average molecular weight is 507 g/mol. The molecule has 1 atom stereocenters. The van der Waals surface area contributed by atoms with Gasteiger partial charge in [0.2, 0.25) is 5.91 Å². The number of alkyl halides is 3. The minimum Gasteiger partial charge on any atom is -0.375 e. The van der Waals surface area contributed by atoms with Crippen molar-refractivity contribution in [1.29, 1.82) is 0 Å². The number of likely N-dealkylation sites (tertiary alicyclic amines) is 1. The van der Waals surface area contributed by atoms with E-state index < -0.39 is 17.6 Å². The predicted molar refractivity (Wildman–Crippen MR) is 122 cm³/mol. The molecular weight excluding hydrogens is 482 g/mol. The van der Waals surface area contributed by atoms with Crippen LogP contribution in [0.4, 0.5) is 23.4 Å². The van der Waals surface area contributed by atoms with Crippen LogP contribution in [-0.4, -0.2) is 58.8 Å². The molecule has 0 aliphatic carbocycles. The molecule has 1 fully saturated rings. The highest BCUT2D eigenvalue weighted by molar-refractivity contribution is 5.89. The molecule has 0 bridgehead atoms. The van der Waals surface area contributed by atoms with Gasteiger partial charge in [-0.2, -0.15) is 13.2 Å². The summed E-state index contributed by atoms with van der Waals surface area (Å²) in [6, 6.07) is 5.12. The monoisotopic (exact) mass is 507 g/mol. The van der Waals surface area contributed by atoms with Crippen molar-refractivity contribution in [1.82, 2.24) is 19.4 Å². The normalized spacial score (nSPS) is 18.3. The van der Waals surface area contributed by atoms with Crippen LogP contribution in [0.25, 0.3) is 11.0 Å². The lowest BCUT2D eigenvalue weighted by atomic mass is 9.90. The van der Waals surface area contributed by atoms with Crippen LogP contribution in [0.3, 0.4) is 0 Å². The van der Waals surface area contributed by atoms with E-state index in [4.69, 9.17) is 9.47 Å². The van der Waals surface area contributed by atoms with Gasteiger partial charge in [-0.05, 0) is 19.1 Å². The van der Waals surface area contributed by atoms with E-state index in [-0.39, 0.29) is 36.6 Å². The number of amides is 1. The summed E-state index contributed by atoms with van der Waals surface area (Å²) < 4.78 is 66.9. The second-order valence-corrected chi connectivity index (χ2v) is 8.99. The predicted octanol–water partition coefficient (Wildman–Crippen LogP) is 3.69. The van der Waals surface area contributed by atoms with Crippen molar-refractivity contribution in [2.75, 3.05) is 38.7 Å². The van der Waals surface area contributed by atoms with E-state index in [9.17, 15) is 22.4 Å². The average Bonchev–Trinajstić information content (AvgIpc) is 3.16. The zero-order valence-electron chi connectivity index (χ0n) is 19.7. The van der Waals surface area contributed by atoms with E-state index in [1.165, 1.54) is 19.2 Å². The Hall–Kier alpha value is -3.25. The third kappa shape index (κ3) is 4.39. The number of halogens is 4. The summed E-state index contributed by atoms with van der Waals surface area (Å²) in [6.45, 7) is 3.74. The largest absolute Gasteiger partial charge is 0.419 e. The second kappa shape index (κ2) is 9.32. The van der Waals surface area contributed by atoms with Crippen LogP contribution in [-0.2, 0) is 33.5 Å². The minimum absolute atomic E-state index is 0.0366. The highest BCUT2D eigenvalue weighted by atomic mass is 19.4. The molecule has 0 saturated carbocycles. The van der Waals surface area contributed by atoms with E-state index >= 15 is 0 Å². The molecule has 1 N–H and O–H groups in total. The van der Waals surface area contributed by atoms with Crippen LogP contribution in [0.2, 0.25) is 0 Å². The van der Waals surface area contributed by atoms with Crippen molar-refractivity contribution < 1.29 is 31.8 Å². The zero-order chi connectivity index (χ0) is 25.6. The summed E-state index contributed by atoms with van der Waals surface area (Å²) in [7, 11) is 1.48. The van der Waals surface area contributed by atoms with Crippen LogP contribution in [0.1, 0.15) is 28.7 Å². The van der Waals surface area contributed by atoms with E-state index in [1.54, 1.807) is 11.8 Å². The van der Waals surface area contributed by atoms with Gasteiger partial charge in [0.05, 0.1) is 17.6 Å². The van der Waals surface area contributed by atoms with Crippen molar-refractivity contribution >= 4 is 22.8 Å². The maximum Gasteiger partial charge on any atom is 0.419 e. The van der Waals surface area contributed by atoms with Gasteiger partial charge in [0.15, 0.2) is 0 Å². The number of nitrogens with one attached hydrogen (secondary N) is 1. The standard InChI is InChI=1S/C24H25F4N5O3/c1-13-30-22(29-9-14-4-3-5-17(20(14)25)24(26,27)28)16-8-18-21(36-7-6-33(18)23(16)31-13)15-10-32(11-15)19(34)12-35-2/h3-5,8,15,21H,6-7,9-12H2,1-2H3,(H,29,30,31). The number of carbonyl (C=O) groups is 1. The number of methoxy groups -OCH3 is 1. The molecule has 1 amide bonds. The van der Waals surface area contributed by atoms with Crippen molar-refractivity contribution in [3.8, 4) is 0 Å². The molecular formula is C24H25F4N5O3. The fourth-order valence-corrected chi connectivity index (χ4v) is 4.83. The van der Waals surface area contributed by atoms with Crippen LogP contribution in [0.15, 0.2) is 24.3 Å².